The summed E-state index contributed by atoms with van der Waals surface area (Å²) in [6.07, 6.45) is 39.4. The molecule has 0 aromatic rings. The van der Waals surface area contributed by atoms with Crippen molar-refractivity contribution in [1.29, 1.82) is 0 Å². The smallest absolute Gasteiger partial charge is 0.307 e. The number of carbonyl (C=O) groups excluding carboxylic acids is 2. The van der Waals surface area contributed by atoms with Crippen LogP contribution in [0.15, 0.2) is 24.3 Å². The lowest BCUT2D eigenvalue weighted by atomic mass is 10.1. The van der Waals surface area contributed by atoms with Crippen molar-refractivity contribution >= 4 is 24.3 Å². The molecule has 2 N–H and O–H groups in total. The molecule has 296 valence electrons. The van der Waals surface area contributed by atoms with Crippen LogP contribution in [-0.2, 0) is 19.1 Å². The van der Waals surface area contributed by atoms with Crippen molar-refractivity contribution in [3.05, 3.63) is 24.3 Å². The average molecular weight is 729 g/mol. The summed E-state index contributed by atoms with van der Waals surface area (Å²) < 4.78 is 11.3. The van der Waals surface area contributed by atoms with Gasteiger partial charge in [0, 0.05) is 18.4 Å². The fourth-order valence-electron chi connectivity index (χ4n) is 5.93. The van der Waals surface area contributed by atoms with E-state index < -0.39 is 24.5 Å². The third-order valence-corrected chi connectivity index (χ3v) is 8.92. The van der Waals surface area contributed by atoms with Crippen LogP contribution in [0.1, 0.15) is 214 Å². The Bertz CT molecular complexity index is 810. The van der Waals surface area contributed by atoms with Crippen LogP contribution < -0.4 is 5.32 Å². The molecule has 0 aromatic carbocycles. The average Bonchev–Trinajstić information content (AvgIpc) is 3.06. The lowest BCUT2D eigenvalue weighted by molar-refractivity contribution is -0.176. The maximum atomic E-state index is 12.7. The zero-order chi connectivity index (χ0) is 36.3. The molecule has 7 heteroatoms. The monoisotopic (exact) mass is 728 g/mol. The first-order chi connectivity index (χ1) is 23.7. The Morgan fingerprint density at radius 3 is 1.20 bits per heavy atom. The lowest BCUT2D eigenvalue weighted by Gasteiger charge is -2.32. The van der Waals surface area contributed by atoms with Gasteiger partial charge in [0.25, 0.3) is 0 Å². The van der Waals surface area contributed by atoms with Crippen LogP contribution in [0, 0.1) is 0 Å². The standard InChI is InChI=1S/C43H81NO5.ClH/c1-6-8-10-12-14-16-18-20-22-24-26-28-30-32-34-36-40(46)48-39(38-45)42(44-43(3,4)5)49-41(47)37-35-33-31-29-27-25-23-21-19-17-15-13-11-9-7-2;/h20-23,39,42,44-45H,6-19,24-38H2,1-5H3;1H. The molecule has 0 amide bonds. The number of aliphatic hydroxyl groups is 1. The molecule has 6 nitrogen and oxygen atoms in total. The van der Waals surface area contributed by atoms with Crippen LogP contribution in [-0.4, -0.2) is 41.5 Å². The summed E-state index contributed by atoms with van der Waals surface area (Å²) >= 11 is 0. The van der Waals surface area contributed by atoms with Crippen molar-refractivity contribution in [1.82, 2.24) is 5.32 Å². The predicted octanol–water partition coefficient (Wildman–Crippen LogP) is 12.6. The number of hydrogen-bond acceptors (Lipinski definition) is 6. The molecular formula is C43H82ClNO5. The first kappa shape index (κ1) is 50.7. The first-order valence-corrected chi connectivity index (χ1v) is 20.8. The molecule has 0 radical (unpaired) electrons. The zero-order valence-corrected chi connectivity index (χ0v) is 34.3. The molecule has 0 aliphatic carbocycles. The summed E-state index contributed by atoms with van der Waals surface area (Å²) in [4.78, 5) is 25.3. The number of carbonyl (C=O) groups is 2. The Balaban J connectivity index is 0. The minimum absolute atomic E-state index is 0. The van der Waals surface area contributed by atoms with Crippen molar-refractivity contribution in [3.8, 4) is 0 Å². The van der Waals surface area contributed by atoms with E-state index in [2.05, 4.69) is 43.5 Å². The van der Waals surface area contributed by atoms with Gasteiger partial charge in [-0.1, -0.05) is 141 Å². The predicted molar refractivity (Wildman–Crippen MR) is 216 cm³/mol. The van der Waals surface area contributed by atoms with Crippen LogP contribution in [0.5, 0.6) is 0 Å². The van der Waals surface area contributed by atoms with E-state index in [4.69, 9.17) is 9.47 Å². The number of unbranched alkanes of at least 4 members (excludes halogenated alkanes) is 22. The third kappa shape index (κ3) is 36.4. The quantitative estimate of drug-likeness (QED) is 0.0293. The first-order valence-electron chi connectivity index (χ1n) is 20.8. The number of ether oxygens (including phenoxy) is 2. The van der Waals surface area contributed by atoms with E-state index in [0.717, 1.165) is 51.4 Å². The summed E-state index contributed by atoms with van der Waals surface area (Å²) in [7, 11) is 0. The Morgan fingerprint density at radius 2 is 0.860 bits per heavy atom. The van der Waals surface area contributed by atoms with Gasteiger partial charge in [-0.05, 0) is 85.0 Å². The van der Waals surface area contributed by atoms with Gasteiger partial charge < -0.3 is 14.6 Å². The zero-order valence-electron chi connectivity index (χ0n) is 33.5. The summed E-state index contributed by atoms with van der Waals surface area (Å²) in [5.74, 6) is -0.684. The summed E-state index contributed by atoms with van der Waals surface area (Å²) in [6, 6.07) is 0. The minimum atomic E-state index is -0.937. The topological polar surface area (TPSA) is 84.9 Å². The maximum Gasteiger partial charge on any atom is 0.307 e. The highest BCUT2D eigenvalue weighted by molar-refractivity contribution is 5.85. The second-order valence-corrected chi connectivity index (χ2v) is 15.2. The molecule has 50 heavy (non-hydrogen) atoms. The fraction of sp³-hybridized carbons (Fsp3) is 0.860. The van der Waals surface area contributed by atoms with E-state index >= 15 is 0 Å². The number of halogens is 1. The van der Waals surface area contributed by atoms with Crippen molar-refractivity contribution in [3.63, 3.8) is 0 Å². The molecule has 0 rings (SSSR count). The lowest BCUT2D eigenvalue weighted by Crippen LogP contribution is -2.54. The Kier molecular flexibility index (Phi) is 37.9. The molecule has 0 spiro atoms. The van der Waals surface area contributed by atoms with Gasteiger partial charge in [0.2, 0.25) is 0 Å². The van der Waals surface area contributed by atoms with Gasteiger partial charge >= 0.3 is 11.9 Å². The van der Waals surface area contributed by atoms with Gasteiger partial charge in [0.1, 0.15) is 0 Å². The van der Waals surface area contributed by atoms with Crippen molar-refractivity contribution in [2.45, 2.75) is 232 Å². The van der Waals surface area contributed by atoms with Crippen LogP contribution in [0.3, 0.4) is 0 Å². The summed E-state index contributed by atoms with van der Waals surface area (Å²) in [5.41, 5.74) is -0.392. The molecule has 0 heterocycles. The number of esters is 2. The molecule has 0 aromatic heterocycles. The van der Waals surface area contributed by atoms with E-state index in [1.54, 1.807) is 0 Å². The highest BCUT2D eigenvalue weighted by atomic mass is 35.5. The van der Waals surface area contributed by atoms with Crippen molar-refractivity contribution in [2.75, 3.05) is 6.61 Å². The van der Waals surface area contributed by atoms with Crippen molar-refractivity contribution < 1.29 is 24.2 Å². The highest BCUT2D eigenvalue weighted by Gasteiger charge is 2.31. The van der Waals surface area contributed by atoms with Crippen LogP contribution in [0.4, 0.5) is 0 Å². The van der Waals surface area contributed by atoms with E-state index in [1.165, 1.54) is 116 Å². The Hall–Kier alpha value is -1.37. The van der Waals surface area contributed by atoms with E-state index in [9.17, 15) is 14.7 Å². The molecule has 0 saturated heterocycles. The fourth-order valence-corrected chi connectivity index (χ4v) is 5.93. The summed E-state index contributed by atoms with van der Waals surface area (Å²) in [5, 5.41) is 13.3. The highest BCUT2D eigenvalue weighted by Crippen LogP contribution is 2.15. The van der Waals surface area contributed by atoms with Crippen LogP contribution >= 0.6 is 12.4 Å². The van der Waals surface area contributed by atoms with Gasteiger partial charge in [-0.25, -0.2) is 0 Å². The number of hydrogen-bond donors (Lipinski definition) is 2. The van der Waals surface area contributed by atoms with Crippen LogP contribution in [0.25, 0.3) is 0 Å². The normalized spacial score (nSPS) is 13.1. The Labute approximate surface area is 316 Å². The molecular weight excluding hydrogens is 646 g/mol. The van der Waals surface area contributed by atoms with E-state index in [1.807, 2.05) is 20.8 Å². The molecule has 2 unspecified atom stereocenters. The molecule has 0 aliphatic heterocycles. The Morgan fingerprint density at radius 1 is 0.540 bits per heavy atom. The largest absolute Gasteiger partial charge is 0.454 e. The third-order valence-electron chi connectivity index (χ3n) is 8.92. The van der Waals surface area contributed by atoms with Gasteiger partial charge in [0.05, 0.1) is 6.61 Å². The SMILES string of the molecule is CCCCCCCCC=CCCCCCCCC(=O)OC(CO)C(NC(C)(C)C)OC(=O)CCCCCCCC=CCCCCCCCC.Cl. The van der Waals surface area contributed by atoms with E-state index in [0.29, 0.717) is 12.8 Å². The molecule has 0 aliphatic rings. The minimum Gasteiger partial charge on any atom is -0.454 e. The number of nitrogens with one attached hydrogen (secondary N) is 1. The second kappa shape index (κ2) is 37.4. The van der Waals surface area contributed by atoms with Gasteiger partial charge in [-0.3, -0.25) is 14.9 Å². The van der Waals surface area contributed by atoms with Gasteiger partial charge in [0.15, 0.2) is 12.3 Å². The maximum absolute atomic E-state index is 12.7. The van der Waals surface area contributed by atoms with Crippen molar-refractivity contribution in [2.24, 2.45) is 0 Å². The molecule has 2 atom stereocenters. The molecule has 0 fully saturated rings. The molecule has 0 saturated carbocycles. The van der Waals surface area contributed by atoms with E-state index in [-0.39, 0.29) is 24.3 Å². The molecule has 0 bridgehead atoms. The summed E-state index contributed by atoms with van der Waals surface area (Å²) in [6.45, 7) is 9.98. The number of aliphatic hydroxyl groups excluding tert-OH is 1. The second-order valence-electron chi connectivity index (χ2n) is 15.2. The number of allylic oxidation sites excluding steroid dienone is 4. The van der Waals surface area contributed by atoms with Crippen LogP contribution in [0.2, 0.25) is 0 Å². The van der Waals surface area contributed by atoms with Gasteiger partial charge in [-0.2, -0.15) is 0 Å². The van der Waals surface area contributed by atoms with Gasteiger partial charge in [-0.15, -0.1) is 12.4 Å². The number of rotatable bonds is 35.